The van der Waals surface area contributed by atoms with E-state index in [1.54, 1.807) is 11.8 Å². The summed E-state index contributed by atoms with van der Waals surface area (Å²) in [6, 6.07) is 18.4. The number of carbonyl (C=O) groups is 1. The summed E-state index contributed by atoms with van der Waals surface area (Å²) in [5, 5.41) is 4.81. The van der Waals surface area contributed by atoms with Crippen LogP contribution in [0.3, 0.4) is 0 Å². The van der Waals surface area contributed by atoms with Gasteiger partial charge in [-0.25, -0.2) is 4.68 Å². The second-order valence-corrected chi connectivity index (χ2v) is 7.63. The summed E-state index contributed by atoms with van der Waals surface area (Å²) in [6.07, 6.45) is 0. The first-order valence-corrected chi connectivity index (χ1v) is 10.1. The molecule has 0 N–H and O–H groups in total. The first-order valence-electron chi connectivity index (χ1n) is 9.09. The Balaban J connectivity index is 1.68. The maximum atomic E-state index is 13.2. The van der Waals surface area contributed by atoms with Crippen LogP contribution in [0.1, 0.15) is 16.1 Å². The molecule has 0 atom stereocenters. The molecule has 0 radical (unpaired) electrons. The van der Waals surface area contributed by atoms with Gasteiger partial charge in [0.05, 0.1) is 24.6 Å². The van der Waals surface area contributed by atoms with Crippen LogP contribution < -0.4 is 0 Å². The van der Waals surface area contributed by atoms with Crippen molar-refractivity contribution in [2.45, 2.75) is 10.6 Å². The fourth-order valence-electron chi connectivity index (χ4n) is 3.65. The van der Waals surface area contributed by atoms with Crippen molar-refractivity contribution in [2.75, 3.05) is 26.3 Å². The lowest BCUT2D eigenvalue weighted by atomic mass is 10.0. The normalized spacial score (nSPS) is 15.9. The Bertz CT molecular complexity index is 994. The largest absolute Gasteiger partial charge is 0.378 e. The lowest BCUT2D eigenvalue weighted by Gasteiger charge is -2.26. The first kappa shape index (κ1) is 16.6. The number of benzene rings is 2. The van der Waals surface area contributed by atoms with Crippen molar-refractivity contribution in [3.63, 3.8) is 0 Å². The van der Waals surface area contributed by atoms with Gasteiger partial charge in [-0.15, -0.1) is 11.8 Å². The van der Waals surface area contributed by atoms with Gasteiger partial charge in [-0.2, -0.15) is 5.10 Å². The smallest absolute Gasteiger partial charge is 0.274 e. The van der Waals surface area contributed by atoms with E-state index in [1.165, 1.54) is 4.90 Å². The van der Waals surface area contributed by atoms with Gasteiger partial charge in [0.25, 0.3) is 5.91 Å². The molecule has 1 fully saturated rings. The lowest BCUT2D eigenvalue weighted by molar-refractivity contribution is 0.0298. The van der Waals surface area contributed by atoms with E-state index in [9.17, 15) is 4.79 Å². The van der Waals surface area contributed by atoms with E-state index >= 15 is 0 Å². The maximum Gasteiger partial charge on any atom is 0.274 e. The Morgan fingerprint density at radius 2 is 1.74 bits per heavy atom. The number of amides is 1. The zero-order valence-corrected chi connectivity index (χ0v) is 15.6. The molecule has 1 amide bonds. The highest BCUT2D eigenvalue weighted by atomic mass is 32.2. The van der Waals surface area contributed by atoms with Crippen molar-refractivity contribution < 1.29 is 9.53 Å². The highest BCUT2D eigenvalue weighted by molar-refractivity contribution is 7.98. The minimum absolute atomic E-state index is 0.00390. The fourth-order valence-corrected chi connectivity index (χ4v) is 4.71. The van der Waals surface area contributed by atoms with Gasteiger partial charge in [0.2, 0.25) is 0 Å². The molecule has 1 aromatic heterocycles. The highest BCUT2D eigenvalue weighted by Gasteiger charge is 2.31. The average molecular weight is 377 g/mol. The molecule has 2 aliphatic rings. The van der Waals surface area contributed by atoms with Gasteiger partial charge in [0.15, 0.2) is 5.69 Å². The van der Waals surface area contributed by atoms with E-state index in [0.29, 0.717) is 32.0 Å². The topological polar surface area (TPSA) is 47.4 Å². The van der Waals surface area contributed by atoms with Gasteiger partial charge in [0, 0.05) is 34.9 Å². The van der Waals surface area contributed by atoms with E-state index in [4.69, 9.17) is 9.84 Å². The summed E-state index contributed by atoms with van der Waals surface area (Å²) in [6.45, 7) is 2.42. The molecular weight excluding hydrogens is 358 g/mol. The Kier molecular flexibility index (Phi) is 4.22. The number of hydrogen-bond acceptors (Lipinski definition) is 4. The quantitative estimate of drug-likeness (QED) is 0.684. The van der Waals surface area contributed by atoms with Crippen molar-refractivity contribution >= 4 is 17.7 Å². The predicted molar refractivity (Wildman–Crippen MR) is 105 cm³/mol. The summed E-state index contributed by atoms with van der Waals surface area (Å²) in [5.74, 6) is 0.758. The van der Waals surface area contributed by atoms with Gasteiger partial charge in [-0.05, 0) is 18.2 Å². The number of fused-ring (bicyclic) bond motifs is 3. The highest BCUT2D eigenvalue weighted by Crippen LogP contribution is 2.43. The Morgan fingerprint density at radius 3 is 2.56 bits per heavy atom. The molecule has 5 nitrogen and oxygen atoms in total. The van der Waals surface area contributed by atoms with Gasteiger partial charge in [0.1, 0.15) is 0 Å². The number of morpholine rings is 1. The van der Waals surface area contributed by atoms with Crippen molar-refractivity contribution in [3.8, 4) is 16.9 Å². The molecule has 3 aromatic rings. The molecule has 136 valence electrons. The average Bonchev–Trinajstić information content (AvgIpc) is 3.15. The van der Waals surface area contributed by atoms with Crippen molar-refractivity contribution in [3.05, 3.63) is 65.9 Å². The maximum absolute atomic E-state index is 13.2. The molecule has 0 spiro atoms. The molecule has 6 heteroatoms. The number of hydrogen-bond donors (Lipinski definition) is 0. The number of aromatic nitrogens is 2. The van der Waals surface area contributed by atoms with Crippen LogP contribution in [0.4, 0.5) is 0 Å². The second-order valence-electron chi connectivity index (χ2n) is 6.61. The molecule has 0 unspecified atom stereocenters. The van der Waals surface area contributed by atoms with Gasteiger partial charge < -0.3 is 9.64 Å². The van der Waals surface area contributed by atoms with Crippen LogP contribution in [-0.4, -0.2) is 46.9 Å². The molecule has 1 saturated heterocycles. The molecule has 0 saturated carbocycles. The third kappa shape index (κ3) is 2.85. The number of rotatable bonds is 2. The van der Waals surface area contributed by atoms with E-state index in [0.717, 1.165) is 28.3 Å². The monoisotopic (exact) mass is 377 g/mol. The summed E-state index contributed by atoms with van der Waals surface area (Å²) in [7, 11) is 0. The van der Waals surface area contributed by atoms with Gasteiger partial charge in [-0.1, -0.05) is 36.4 Å². The number of carbonyl (C=O) groups excluding carboxylic acids is 1. The van der Waals surface area contributed by atoms with Crippen LogP contribution in [0.15, 0.2) is 59.5 Å². The standard InChI is InChI=1S/C21H19N3O2S/c25-21(23-10-12-26-13-11-23)19-17-14-27-18-9-5-4-8-16(18)20(17)24(22-19)15-6-2-1-3-7-15/h1-9H,10-14H2. The van der Waals surface area contributed by atoms with Crippen molar-refractivity contribution in [1.29, 1.82) is 0 Å². The Morgan fingerprint density at radius 1 is 1.00 bits per heavy atom. The van der Waals surface area contributed by atoms with Gasteiger partial charge in [-0.3, -0.25) is 4.79 Å². The minimum Gasteiger partial charge on any atom is -0.378 e. The SMILES string of the molecule is O=C(c1nn(-c2ccccc2)c2c1CSc1ccccc1-2)N1CCOCC1. The molecule has 2 aliphatic heterocycles. The zero-order valence-electron chi connectivity index (χ0n) is 14.8. The molecular formula is C21H19N3O2S. The molecule has 27 heavy (non-hydrogen) atoms. The zero-order chi connectivity index (χ0) is 18.2. The summed E-state index contributed by atoms with van der Waals surface area (Å²) in [5.41, 5.74) is 4.74. The van der Waals surface area contributed by atoms with Crippen LogP contribution in [0, 0.1) is 0 Å². The lowest BCUT2D eigenvalue weighted by Crippen LogP contribution is -2.41. The minimum atomic E-state index is 0.00390. The van der Waals surface area contributed by atoms with Crippen LogP contribution in [0.25, 0.3) is 16.9 Å². The van der Waals surface area contributed by atoms with E-state index in [1.807, 2.05) is 46.0 Å². The number of ether oxygens (including phenoxy) is 1. The number of thioether (sulfide) groups is 1. The van der Waals surface area contributed by atoms with Crippen LogP contribution in [0.2, 0.25) is 0 Å². The van der Waals surface area contributed by atoms with Crippen molar-refractivity contribution in [1.82, 2.24) is 14.7 Å². The van der Waals surface area contributed by atoms with E-state index in [2.05, 4.69) is 18.2 Å². The molecule has 0 aliphatic carbocycles. The third-order valence-corrected chi connectivity index (χ3v) is 6.10. The van der Waals surface area contributed by atoms with Crippen LogP contribution in [-0.2, 0) is 10.5 Å². The molecule has 2 aromatic carbocycles. The van der Waals surface area contributed by atoms with Crippen LogP contribution >= 0.6 is 11.8 Å². The Hall–Kier alpha value is -2.57. The summed E-state index contributed by atoms with van der Waals surface area (Å²) < 4.78 is 7.33. The summed E-state index contributed by atoms with van der Waals surface area (Å²) >= 11 is 1.77. The fraction of sp³-hybridized carbons (Fsp3) is 0.238. The number of nitrogens with zero attached hydrogens (tertiary/aromatic N) is 3. The number of para-hydroxylation sites is 1. The van der Waals surface area contributed by atoms with Crippen LogP contribution in [0.5, 0.6) is 0 Å². The van der Waals surface area contributed by atoms with E-state index in [-0.39, 0.29) is 5.91 Å². The molecule has 5 rings (SSSR count). The summed E-state index contributed by atoms with van der Waals surface area (Å²) in [4.78, 5) is 16.3. The predicted octanol–water partition coefficient (Wildman–Crippen LogP) is 3.62. The van der Waals surface area contributed by atoms with Crippen molar-refractivity contribution in [2.24, 2.45) is 0 Å². The van der Waals surface area contributed by atoms with E-state index < -0.39 is 0 Å². The molecule has 3 heterocycles. The first-order chi connectivity index (χ1) is 13.3. The second kappa shape index (κ2) is 6.87. The third-order valence-electron chi connectivity index (χ3n) is 5.00. The van der Waals surface area contributed by atoms with Gasteiger partial charge >= 0.3 is 0 Å². The Labute approximate surface area is 161 Å². The molecule has 0 bridgehead atoms.